The topological polar surface area (TPSA) is 65.2 Å². The lowest BCUT2D eigenvalue weighted by molar-refractivity contribution is -0.137. The second kappa shape index (κ2) is 4.66. The van der Waals surface area contributed by atoms with E-state index in [0.717, 1.165) is 12.1 Å². The Morgan fingerprint density at radius 1 is 1.35 bits per heavy atom. The van der Waals surface area contributed by atoms with Gasteiger partial charge in [0.25, 0.3) is 5.91 Å². The molecule has 106 valence electrons. The number of carbonyl (C=O) groups is 1. The van der Waals surface area contributed by atoms with Crippen molar-refractivity contribution in [2.24, 2.45) is 5.73 Å². The molecule has 0 radical (unpaired) electrons. The van der Waals surface area contributed by atoms with Gasteiger partial charge in [-0.15, -0.1) is 0 Å². The summed E-state index contributed by atoms with van der Waals surface area (Å²) in [4.78, 5) is 15.3. The van der Waals surface area contributed by atoms with Crippen LogP contribution in [0.1, 0.15) is 21.5 Å². The first-order chi connectivity index (χ1) is 9.25. The van der Waals surface area contributed by atoms with Crippen LogP contribution in [0.2, 0.25) is 0 Å². The van der Waals surface area contributed by atoms with E-state index in [4.69, 9.17) is 10.5 Å². The number of pyridine rings is 1. The minimum absolute atomic E-state index is 0.0692. The SMILES string of the molecule is COc1nc2cc(C(F)(F)F)ccc2c(C)c1C(N)=O. The van der Waals surface area contributed by atoms with Gasteiger partial charge in [0.15, 0.2) is 0 Å². The van der Waals surface area contributed by atoms with Crippen LogP contribution in [0.25, 0.3) is 10.9 Å². The monoisotopic (exact) mass is 284 g/mol. The highest BCUT2D eigenvalue weighted by Crippen LogP contribution is 2.33. The molecule has 1 heterocycles. The lowest BCUT2D eigenvalue weighted by Crippen LogP contribution is -2.15. The second-order valence-corrected chi connectivity index (χ2v) is 4.22. The number of carbonyl (C=O) groups excluding carboxylic acids is 1. The predicted octanol–water partition coefficient (Wildman–Crippen LogP) is 2.67. The van der Waals surface area contributed by atoms with E-state index < -0.39 is 17.6 Å². The van der Waals surface area contributed by atoms with Gasteiger partial charge in [0.05, 0.1) is 18.2 Å². The smallest absolute Gasteiger partial charge is 0.416 e. The standard InChI is InChI=1S/C13H11F3N2O2/c1-6-8-4-3-7(13(14,15)16)5-9(8)18-12(20-2)10(6)11(17)19/h3-5H,1-2H3,(H2,17,19). The molecule has 0 bridgehead atoms. The van der Waals surface area contributed by atoms with E-state index in [9.17, 15) is 18.0 Å². The molecule has 0 atom stereocenters. The number of halogens is 3. The van der Waals surface area contributed by atoms with Crippen LogP contribution >= 0.6 is 0 Å². The maximum absolute atomic E-state index is 12.7. The number of rotatable bonds is 2. The number of methoxy groups -OCH3 is 1. The Morgan fingerprint density at radius 2 is 2.00 bits per heavy atom. The summed E-state index contributed by atoms with van der Waals surface area (Å²) in [6.07, 6.45) is -4.46. The van der Waals surface area contributed by atoms with Crippen molar-refractivity contribution in [3.05, 3.63) is 34.9 Å². The molecule has 1 amide bonds. The van der Waals surface area contributed by atoms with E-state index >= 15 is 0 Å². The van der Waals surface area contributed by atoms with E-state index in [2.05, 4.69) is 4.98 Å². The number of amides is 1. The molecule has 0 spiro atoms. The number of aryl methyl sites for hydroxylation is 1. The third-order valence-electron chi connectivity index (χ3n) is 2.98. The Kier molecular flexibility index (Phi) is 3.29. The number of fused-ring (bicyclic) bond motifs is 1. The zero-order valence-corrected chi connectivity index (χ0v) is 10.7. The first kappa shape index (κ1) is 14.1. The summed E-state index contributed by atoms with van der Waals surface area (Å²) in [5.74, 6) is -0.824. The summed E-state index contributed by atoms with van der Waals surface area (Å²) in [5, 5.41) is 0.424. The zero-order chi connectivity index (χ0) is 15.1. The van der Waals surface area contributed by atoms with Gasteiger partial charge in [0, 0.05) is 5.39 Å². The molecule has 0 aliphatic carbocycles. The number of hydrogen-bond donors (Lipinski definition) is 1. The van der Waals surface area contributed by atoms with Crippen LogP contribution in [0.3, 0.4) is 0 Å². The molecule has 7 heteroatoms. The van der Waals surface area contributed by atoms with Gasteiger partial charge >= 0.3 is 6.18 Å². The van der Waals surface area contributed by atoms with Crippen molar-refractivity contribution in [2.45, 2.75) is 13.1 Å². The van der Waals surface area contributed by atoms with Gasteiger partial charge in [-0.05, 0) is 24.6 Å². The maximum atomic E-state index is 12.7. The summed E-state index contributed by atoms with van der Waals surface area (Å²) in [6, 6.07) is 3.12. The molecule has 1 aromatic carbocycles. The van der Waals surface area contributed by atoms with Crippen LogP contribution in [0.4, 0.5) is 13.2 Å². The van der Waals surface area contributed by atoms with Crippen molar-refractivity contribution >= 4 is 16.8 Å². The van der Waals surface area contributed by atoms with Crippen LogP contribution in [0, 0.1) is 6.92 Å². The molecule has 20 heavy (non-hydrogen) atoms. The number of alkyl halides is 3. The molecule has 0 saturated heterocycles. The third kappa shape index (κ3) is 2.26. The number of benzene rings is 1. The fourth-order valence-electron chi connectivity index (χ4n) is 2.02. The highest BCUT2D eigenvalue weighted by Gasteiger charge is 2.31. The normalized spacial score (nSPS) is 11.7. The van der Waals surface area contributed by atoms with E-state index in [1.54, 1.807) is 6.92 Å². The highest BCUT2D eigenvalue weighted by atomic mass is 19.4. The Bertz CT molecular complexity index is 696. The van der Waals surface area contributed by atoms with Crippen molar-refractivity contribution in [2.75, 3.05) is 7.11 Å². The van der Waals surface area contributed by atoms with Crippen molar-refractivity contribution in [1.29, 1.82) is 0 Å². The molecule has 4 nitrogen and oxygen atoms in total. The number of nitrogens with zero attached hydrogens (tertiary/aromatic N) is 1. The average molecular weight is 284 g/mol. The van der Waals surface area contributed by atoms with Gasteiger partial charge in [0.1, 0.15) is 5.56 Å². The lowest BCUT2D eigenvalue weighted by atomic mass is 10.0. The van der Waals surface area contributed by atoms with Gasteiger partial charge in [0.2, 0.25) is 5.88 Å². The van der Waals surface area contributed by atoms with E-state index in [-0.39, 0.29) is 17.0 Å². The van der Waals surface area contributed by atoms with E-state index in [1.807, 2.05) is 0 Å². The summed E-state index contributed by atoms with van der Waals surface area (Å²) in [5.41, 5.74) is 5.03. The quantitative estimate of drug-likeness (QED) is 0.922. The Hall–Kier alpha value is -2.31. The van der Waals surface area contributed by atoms with Crippen LogP contribution in [0.5, 0.6) is 5.88 Å². The highest BCUT2D eigenvalue weighted by molar-refractivity contribution is 6.01. The number of primary amides is 1. The molecule has 2 aromatic rings. The third-order valence-corrected chi connectivity index (χ3v) is 2.98. The number of nitrogens with two attached hydrogens (primary N) is 1. The summed E-state index contributed by atoms with van der Waals surface area (Å²) in [7, 11) is 1.27. The lowest BCUT2D eigenvalue weighted by Gasteiger charge is -2.13. The Balaban J connectivity index is 2.80. The Morgan fingerprint density at radius 3 is 2.50 bits per heavy atom. The maximum Gasteiger partial charge on any atom is 0.416 e. The molecule has 0 unspecified atom stereocenters. The van der Waals surface area contributed by atoms with Gasteiger partial charge in [-0.25, -0.2) is 4.98 Å². The van der Waals surface area contributed by atoms with Gasteiger partial charge < -0.3 is 10.5 Å². The van der Waals surface area contributed by atoms with Gasteiger partial charge in [-0.3, -0.25) is 4.79 Å². The summed E-state index contributed by atoms with van der Waals surface area (Å²) >= 11 is 0. The molecule has 1 aromatic heterocycles. The van der Waals surface area contributed by atoms with Crippen molar-refractivity contribution in [1.82, 2.24) is 4.98 Å². The first-order valence-corrected chi connectivity index (χ1v) is 5.61. The van der Waals surface area contributed by atoms with Crippen LogP contribution in [0.15, 0.2) is 18.2 Å². The van der Waals surface area contributed by atoms with E-state index in [1.165, 1.54) is 13.2 Å². The minimum atomic E-state index is -4.46. The summed E-state index contributed by atoms with van der Waals surface area (Å²) in [6.45, 7) is 1.58. The van der Waals surface area contributed by atoms with Crippen molar-refractivity contribution < 1.29 is 22.7 Å². The number of hydrogen-bond acceptors (Lipinski definition) is 3. The van der Waals surface area contributed by atoms with Gasteiger partial charge in [-0.1, -0.05) is 6.07 Å². The van der Waals surface area contributed by atoms with E-state index in [0.29, 0.717) is 10.9 Å². The molecule has 2 rings (SSSR count). The van der Waals surface area contributed by atoms with Crippen molar-refractivity contribution in [3.8, 4) is 5.88 Å². The fraction of sp³-hybridized carbons (Fsp3) is 0.231. The molecule has 0 fully saturated rings. The van der Waals surface area contributed by atoms with Crippen LogP contribution < -0.4 is 10.5 Å². The predicted molar refractivity (Wildman–Crippen MR) is 66.6 cm³/mol. The molecule has 0 aliphatic rings. The zero-order valence-electron chi connectivity index (χ0n) is 10.7. The summed E-state index contributed by atoms with van der Waals surface area (Å²) < 4.78 is 42.9. The van der Waals surface area contributed by atoms with Crippen LogP contribution in [-0.4, -0.2) is 18.0 Å². The van der Waals surface area contributed by atoms with Gasteiger partial charge in [-0.2, -0.15) is 13.2 Å². The number of ether oxygens (including phenoxy) is 1. The minimum Gasteiger partial charge on any atom is -0.480 e. The molecular formula is C13H11F3N2O2. The molecule has 2 N–H and O–H groups in total. The second-order valence-electron chi connectivity index (χ2n) is 4.22. The molecule has 0 aliphatic heterocycles. The van der Waals surface area contributed by atoms with Crippen LogP contribution in [-0.2, 0) is 6.18 Å². The fourth-order valence-corrected chi connectivity index (χ4v) is 2.02. The number of aromatic nitrogens is 1. The Labute approximate surface area is 112 Å². The average Bonchev–Trinajstić information content (AvgIpc) is 2.36. The van der Waals surface area contributed by atoms with Crippen molar-refractivity contribution in [3.63, 3.8) is 0 Å². The molecular weight excluding hydrogens is 273 g/mol. The molecule has 0 saturated carbocycles. The first-order valence-electron chi connectivity index (χ1n) is 5.61. The largest absolute Gasteiger partial charge is 0.480 e.